The van der Waals surface area contributed by atoms with Gasteiger partial charge in [0.15, 0.2) is 11.5 Å². The van der Waals surface area contributed by atoms with Crippen molar-refractivity contribution in [3.05, 3.63) is 29.3 Å². The summed E-state index contributed by atoms with van der Waals surface area (Å²) in [6.45, 7) is 3.77. The van der Waals surface area contributed by atoms with Crippen molar-refractivity contribution >= 4 is 12.0 Å². The van der Waals surface area contributed by atoms with Crippen molar-refractivity contribution in [2.75, 3.05) is 26.8 Å². The first-order valence-corrected chi connectivity index (χ1v) is 8.15. The molecule has 2 unspecified atom stereocenters. The molecule has 0 saturated carbocycles. The van der Waals surface area contributed by atoms with Gasteiger partial charge in [0.05, 0.1) is 12.7 Å². The summed E-state index contributed by atoms with van der Waals surface area (Å²) in [7, 11) is 1.62. The summed E-state index contributed by atoms with van der Waals surface area (Å²) in [6.07, 6.45) is 3.91. The number of methoxy groups -OCH3 is 1. The number of hydrogen-bond acceptors (Lipinski definition) is 4. The van der Waals surface area contributed by atoms with Gasteiger partial charge in [0.1, 0.15) is 6.61 Å². The van der Waals surface area contributed by atoms with Gasteiger partial charge in [-0.15, -0.1) is 0 Å². The minimum atomic E-state index is 0.0424. The normalized spacial score (nSPS) is 23.6. The zero-order valence-corrected chi connectivity index (χ0v) is 13.7. The summed E-state index contributed by atoms with van der Waals surface area (Å²) >= 11 is 0. The molecule has 1 saturated heterocycles. The molecule has 2 aliphatic rings. The predicted molar refractivity (Wildman–Crippen MR) is 89.4 cm³/mol. The lowest BCUT2D eigenvalue weighted by molar-refractivity contribution is -0.131. The summed E-state index contributed by atoms with van der Waals surface area (Å²) in [5, 5.41) is 0. The Hall–Kier alpha value is -2.01. The number of nitrogens with zero attached hydrogens (tertiary/aromatic N) is 1. The van der Waals surface area contributed by atoms with Gasteiger partial charge in [-0.25, -0.2) is 0 Å². The standard InChI is InChI=1S/C18H24N2O3/c1-12-6-7-20(15(8-12)10-19)18(21)14-9-13-4-3-5-16(22-2)17(13)23-11-14/h3-5,9,12,15H,6-8,10-11,19H2,1-2H3. The number of benzene rings is 1. The molecule has 5 nitrogen and oxygen atoms in total. The van der Waals surface area contributed by atoms with E-state index in [4.69, 9.17) is 15.2 Å². The number of fused-ring (bicyclic) bond motifs is 1. The van der Waals surface area contributed by atoms with Crippen LogP contribution in [0.3, 0.4) is 0 Å². The average molecular weight is 316 g/mol. The van der Waals surface area contributed by atoms with Crippen LogP contribution in [0.4, 0.5) is 0 Å². The molecule has 0 spiro atoms. The number of carbonyl (C=O) groups is 1. The molecule has 1 aromatic carbocycles. The first kappa shape index (κ1) is 15.9. The Kier molecular flexibility index (Phi) is 4.57. The number of rotatable bonds is 3. The van der Waals surface area contributed by atoms with Crippen LogP contribution in [0.1, 0.15) is 25.3 Å². The zero-order chi connectivity index (χ0) is 16.4. The molecule has 3 rings (SSSR count). The topological polar surface area (TPSA) is 64.8 Å². The Morgan fingerprint density at radius 2 is 2.30 bits per heavy atom. The quantitative estimate of drug-likeness (QED) is 0.927. The molecule has 2 aliphatic heterocycles. The molecule has 2 N–H and O–H groups in total. The highest BCUT2D eigenvalue weighted by Gasteiger charge is 2.31. The number of carbonyl (C=O) groups excluding carboxylic acids is 1. The van der Waals surface area contributed by atoms with Crippen molar-refractivity contribution in [3.63, 3.8) is 0 Å². The number of ether oxygens (including phenoxy) is 2. The van der Waals surface area contributed by atoms with E-state index in [0.717, 1.165) is 24.9 Å². The van der Waals surface area contributed by atoms with Crippen molar-refractivity contribution in [3.8, 4) is 11.5 Å². The van der Waals surface area contributed by atoms with Crippen molar-refractivity contribution in [1.82, 2.24) is 4.90 Å². The summed E-state index contributed by atoms with van der Waals surface area (Å²) in [5.74, 6) is 2.06. The fraction of sp³-hybridized carbons (Fsp3) is 0.500. The number of nitrogens with two attached hydrogens (primary N) is 1. The second-order valence-corrected chi connectivity index (χ2v) is 6.35. The van der Waals surface area contributed by atoms with E-state index < -0.39 is 0 Å². The minimum absolute atomic E-state index is 0.0424. The molecule has 0 aromatic heterocycles. The Labute approximate surface area is 137 Å². The van der Waals surface area contributed by atoms with Crippen LogP contribution in [-0.2, 0) is 4.79 Å². The number of hydrogen-bond donors (Lipinski definition) is 1. The SMILES string of the molecule is COc1cccc2c1OCC(C(=O)N1CCC(C)CC1CN)=C2. The van der Waals surface area contributed by atoms with E-state index in [1.807, 2.05) is 29.2 Å². The van der Waals surface area contributed by atoms with Crippen molar-refractivity contribution in [1.29, 1.82) is 0 Å². The fourth-order valence-corrected chi connectivity index (χ4v) is 3.39. The smallest absolute Gasteiger partial charge is 0.253 e. The number of likely N-dealkylation sites (tertiary alicyclic amines) is 1. The summed E-state index contributed by atoms with van der Waals surface area (Å²) in [6, 6.07) is 5.81. The maximum Gasteiger partial charge on any atom is 0.253 e. The Morgan fingerprint density at radius 1 is 1.48 bits per heavy atom. The van der Waals surface area contributed by atoms with Crippen LogP contribution in [0.25, 0.3) is 6.08 Å². The molecule has 23 heavy (non-hydrogen) atoms. The van der Waals surface area contributed by atoms with Gasteiger partial charge in [-0.1, -0.05) is 19.1 Å². The van der Waals surface area contributed by atoms with Gasteiger partial charge in [-0.05, 0) is 30.9 Å². The van der Waals surface area contributed by atoms with E-state index in [9.17, 15) is 4.79 Å². The molecule has 2 atom stereocenters. The Morgan fingerprint density at radius 3 is 3.04 bits per heavy atom. The third-order valence-corrected chi connectivity index (χ3v) is 4.72. The molecule has 0 radical (unpaired) electrons. The van der Waals surface area contributed by atoms with Gasteiger partial charge in [-0.3, -0.25) is 4.79 Å². The van der Waals surface area contributed by atoms with Crippen LogP contribution in [-0.4, -0.2) is 43.7 Å². The summed E-state index contributed by atoms with van der Waals surface area (Å²) in [4.78, 5) is 14.8. The summed E-state index contributed by atoms with van der Waals surface area (Å²) < 4.78 is 11.1. The molecule has 1 fully saturated rings. The largest absolute Gasteiger partial charge is 0.493 e. The van der Waals surface area contributed by atoms with Gasteiger partial charge in [0, 0.05) is 24.7 Å². The van der Waals surface area contributed by atoms with Gasteiger partial charge < -0.3 is 20.1 Å². The third-order valence-electron chi connectivity index (χ3n) is 4.72. The molecule has 2 heterocycles. The van der Waals surface area contributed by atoms with Gasteiger partial charge >= 0.3 is 0 Å². The monoisotopic (exact) mass is 316 g/mol. The highest BCUT2D eigenvalue weighted by molar-refractivity contribution is 5.99. The number of para-hydroxylation sites is 1. The van der Waals surface area contributed by atoms with E-state index >= 15 is 0 Å². The van der Waals surface area contributed by atoms with Crippen molar-refractivity contribution in [2.24, 2.45) is 11.7 Å². The molecule has 0 aliphatic carbocycles. The lowest BCUT2D eigenvalue weighted by atomic mass is 9.91. The van der Waals surface area contributed by atoms with Gasteiger partial charge in [0.2, 0.25) is 0 Å². The Balaban J connectivity index is 1.84. The highest BCUT2D eigenvalue weighted by atomic mass is 16.5. The molecule has 1 aromatic rings. The first-order chi connectivity index (χ1) is 11.1. The predicted octanol–water partition coefficient (Wildman–Crippen LogP) is 2.06. The van der Waals surface area contributed by atoms with E-state index in [1.54, 1.807) is 7.11 Å². The third kappa shape index (κ3) is 3.06. The maximum absolute atomic E-state index is 12.9. The maximum atomic E-state index is 12.9. The molecular weight excluding hydrogens is 292 g/mol. The fourth-order valence-electron chi connectivity index (χ4n) is 3.39. The average Bonchev–Trinajstić information content (AvgIpc) is 2.59. The number of amides is 1. The summed E-state index contributed by atoms with van der Waals surface area (Å²) in [5.41, 5.74) is 7.44. The molecular formula is C18H24N2O3. The second-order valence-electron chi connectivity index (χ2n) is 6.35. The van der Waals surface area contributed by atoms with E-state index in [0.29, 0.717) is 29.5 Å². The van der Waals surface area contributed by atoms with Crippen LogP contribution in [0.15, 0.2) is 23.8 Å². The van der Waals surface area contributed by atoms with E-state index in [2.05, 4.69) is 6.92 Å². The van der Waals surface area contributed by atoms with Gasteiger partial charge in [0.25, 0.3) is 5.91 Å². The zero-order valence-electron chi connectivity index (χ0n) is 13.7. The lowest BCUT2D eigenvalue weighted by Crippen LogP contribution is -2.50. The first-order valence-electron chi connectivity index (χ1n) is 8.15. The van der Waals surface area contributed by atoms with E-state index in [1.165, 1.54) is 0 Å². The Bertz CT molecular complexity index is 627. The van der Waals surface area contributed by atoms with Crippen LogP contribution in [0, 0.1) is 5.92 Å². The minimum Gasteiger partial charge on any atom is -0.493 e. The molecule has 1 amide bonds. The molecule has 0 bridgehead atoms. The van der Waals surface area contributed by atoms with Crippen molar-refractivity contribution in [2.45, 2.75) is 25.8 Å². The second kappa shape index (κ2) is 6.62. The van der Waals surface area contributed by atoms with Crippen LogP contribution in [0.2, 0.25) is 0 Å². The lowest BCUT2D eigenvalue weighted by Gasteiger charge is -2.38. The highest BCUT2D eigenvalue weighted by Crippen LogP contribution is 2.36. The van der Waals surface area contributed by atoms with E-state index in [-0.39, 0.29) is 18.6 Å². The van der Waals surface area contributed by atoms with Crippen molar-refractivity contribution < 1.29 is 14.3 Å². The number of piperidine rings is 1. The van der Waals surface area contributed by atoms with Crippen LogP contribution in [0.5, 0.6) is 11.5 Å². The molecule has 5 heteroatoms. The van der Waals surface area contributed by atoms with Crippen LogP contribution < -0.4 is 15.2 Å². The van der Waals surface area contributed by atoms with Gasteiger partial charge in [-0.2, -0.15) is 0 Å². The molecule has 124 valence electrons. The van der Waals surface area contributed by atoms with Crippen LogP contribution >= 0.6 is 0 Å².